The number of Topliss-reactive ketones (excluding diaryl/α,β-unsaturated/α-hetero) is 1. The first-order valence-corrected chi connectivity index (χ1v) is 22.0. The van der Waals surface area contributed by atoms with Crippen molar-refractivity contribution >= 4 is 16.6 Å². The lowest BCUT2D eigenvalue weighted by Gasteiger charge is -2.27. The molecule has 12 nitrogen and oxygen atoms in total. The second-order valence-corrected chi connectivity index (χ2v) is 16.7. The van der Waals surface area contributed by atoms with Crippen LogP contribution in [0, 0.1) is 5.92 Å². The van der Waals surface area contributed by atoms with E-state index in [0.29, 0.717) is 55.6 Å². The van der Waals surface area contributed by atoms with E-state index >= 15 is 0 Å². The fourth-order valence-corrected chi connectivity index (χ4v) is 8.83. The summed E-state index contributed by atoms with van der Waals surface area (Å²) in [5.74, 6) is -1.04. The Labute approximate surface area is 375 Å². The number of carbonyl (C=O) groups is 1. The molecule has 0 unspecified atom stereocenters. The highest BCUT2D eigenvalue weighted by molar-refractivity contribution is 5.90. The number of aromatic nitrogens is 1. The SMILES string of the molecule is CCc1ccc2cccc(CCO)c2c1Cc1c(C[C@H](Cc2cc[n-]c2)[C@H](O)CC(=O)[C@H](Cc2ccc(O)c(OCNC[C@H](C)O)c2)c2cc(O)cc(CNC)c2)ccc(O)c1OC. The summed E-state index contributed by atoms with van der Waals surface area (Å²) in [7, 11) is 3.33. The fourth-order valence-electron chi connectivity index (χ4n) is 8.83. The number of aryl methyl sites for hydroxylation is 1. The van der Waals surface area contributed by atoms with E-state index in [9.17, 15) is 35.4 Å². The number of ketones is 1. The van der Waals surface area contributed by atoms with Crippen molar-refractivity contribution in [2.24, 2.45) is 5.92 Å². The van der Waals surface area contributed by atoms with Gasteiger partial charge < -0.3 is 50.4 Å². The average Bonchev–Trinajstić information content (AvgIpc) is 3.79. The van der Waals surface area contributed by atoms with E-state index in [1.807, 2.05) is 30.3 Å². The number of rotatable bonds is 24. The van der Waals surface area contributed by atoms with Crippen LogP contribution in [0.4, 0.5) is 0 Å². The summed E-state index contributed by atoms with van der Waals surface area (Å²) in [6.07, 6.45) is 4.16. The molecule has 8 N–H and O–H groups in total. The number of aromatic hydroxyl groups is 3. The van der Waals surface area contributed by atoms with Gasteiger partial charge in [0, 0.05) is 44.0 Å². The van der Waals surface area contributed by atoms with E-state index < -0.39 is 24.0 Å². The standard InChI is InChI=1S/C52H62N3O9/c1-5-36-10-11-37-7-6-8-38(16-18-56)51(37)44(36)26-45-39(12-14-47(60)52(45)63-4)24-41(19-34-15-17-54-30-34)48(61)27-49(62)43(40-20-35(29-53-3)21-42(58)25-40)22-33-9-13-46(59)50(23-33)64-31-55-28-32(2)57/h6-15,17,20-21,23,25,30,32,41,43,48,53,55-61H,5,16,18-19,22,24,26-29,31H2,1-4H3/q-1/t32-,41-,43+,48+/m0/s1. The first-order chi connectivity index (χ1) is 30.9. The lowest BCUT2D eigenvalue weighted by molar-refractivity contribution is -0.123. The molecule has 0 saturated heterocycles. The van der Waals surface area contributed by atoms with Crippen LogP contribution in [0.15, 0.2) is 97.3 Å². The van der Waals surface area contributed by atoms with Gasteiger partial charge in [-0.15, -0.1) is 0 Å². The molecule has 64 heavy (non-hydrogen) atoms. The number of aliphatic hydroxyl groups is 3. The summed E-state index contributed by atoms with van der Waals surface area (Å²) < 4.78 is 11.7. The molecule has 0 bridgehead atoms. The van der Waals surface area contributed by atoms with Crippen LogP contribution in [0.5, 0.6) is 28.7 Å². The van der Waals surface area contributed by atoms with E-state index in [2.05, 4.69) is 40.7 Å². The molecular formula is C52H62N3O9-. The largest absolute Gasteiger partial charge is 0.670 e. The molecule has 4 atom stereocenters. The third-order valence-corrected chi connectivity index (χ3v) is 11.9. The molecule has 0 aliphatic carbocycles. The minimum absolute atomic E-state index is 0.00154. The number of phenols is 3. The number of fused-ring (bicyclic) bond motifs is 1. The van der Waals surface area contributed by atoms with Gasteiger partial charge in [-0.1, -0.05) is 67.1 Å². The molecule has 0 amide bonds. The van der Waals surface area contributed by atoms with E-state index in [-0.39, 0.29) is 55.0 Å². The Balaban J connectivity index is 1.36. The zero-order chi connectivity index (χ0) is 45.8. The third-order valence-electron chi connectivity index (χ3n) is 11.9. The maximum atomic E-state index is 14.8. The fraction of sp³-hybridized carbons (Fsp3) is 0.365. The molecule has 0 aliphatic heterocycles. The zero-order valence-electron chi connectivity index (χ0n) is 37.2. The van der Waals surface area contributed by atoms with Crippen LogP contribution in [0.25, 0.3) is 10.8 Å². The average molecular weight is 873 g/mol. The van der Waals surface area contributed by atoms with Gasteiger partial charge in [0.25, 0.3) is 0 Å². The van der Waals surface area contributed by atoms with Gasteiger partial charge in [0.2, 0.25) is 0 Å². The highest BCUT2D eigenvalue weighted by Crippen LogP contribution is 2.40. The molecule has 6 rings (SSSR count). The predicted octanol–water partition coefficient (Wildman–Crippen LogP) is 6.38. The van der Waals surface area contributed by atoms with Crippen molar-refractivity contribution in [2.75, 3.05) is 34.0 Å². The van der Waals surface area contributed by atoms with Crippen molar-refractivity contribution in [3.05, 3.63) is 147 Å². The maximum Gasteiger partial charge on any atom is 0.164 e. The van der Waals surface area contributed by atoms with Gasteiger partial charge in [0.05, 0.1) is 19.3 Å². The summed E-state index contributed by atoms with van der Waals surface area (Å²) >= 11 is 0. The van der Waals surface area contributed by atoms with Crippen molar-refractivity contribution < 1.29 is 44.9 Å². The Morgan fingerprint density at radius 2 is 1.62 bits per heavy atom. The first kappa shape index (κ1) is 47.6. The number of hydrogen-bond acceptors (Lipinski definition) is 11. The van der Waals surface area contributed by atoms with Crippen LogP contribution in [0.2, 0.25) is 0 Å². The molecule has 340 valence electrons. The number of benzene rings is 5. The minimum atomic E-state index is -1.12. The number of nitrogens with zero attached hydrogens (tertiary/aromatic N) is 1. The van der Waals surface area contributed by atoms with Gasteiger partial charge in [0.15, 0.2) is 23.0 Å². The summed E-state index contributed by atoms with van der Waals surface area (Å²) in [4.78, 5) is 19.1. The minimum Gasteiger partial charge on any atom is -0.670 e. The molecular weight excluding hydrogens is 811 g/mol. The Hall–Kier alpha value is -5.89. The van der Waals surface area contributed by atoms with Gasteiger partial charge >= 0.3 is 0 Å². The number of carbonyl (C=O) groups excluding carboxylic acids is 1. The molecule has 0 saturated carbocycles. The highest BCUT2D eigenvalue weighted by atomic mass is 16.5. The van der Waals surface area contributed by atoms with Crippen molar-refractivity contribution in [2.45, 2.75) is 83.5 Å². The van der Waals surface area contributed by atoms with E-state index in [1.54, 1.807) is 56.7 Å². The highest BCUT2D eigenvalue weighted by Gasteiger charge is 2.30. The molecule has 6 aromatic rings. The van der Waals surface area contributed by atoms with Gasteiger partial charge in [-0.05, 0) is 132 Å². The first-order valence-electron chi connectivity index (χ1n) is 22.0. The van der Waals surface area contributed by atoms with Gasteiger partial charge in [0.1, 0.15) is 18.3 Å². The van der Waals surface area contributed by atoms with Crippen molar-refractivity contribution in [1.29, 1.82) is 0 Å². The topological polar surface area (TPSA) is 195 Å². The monoisotopic (exact) mass is 872 g/mol. The normalized spacial score (nSPS) is 13.4. The zero-order valence-corrected chi connectivity index (χ0v) is 37.2. The number of nitrogens with one attached hydrogen (secondary N) is 2. The lowest BCUT2D eigenvalue weighted by atomic mass is 9.80. The molecule has 1 heterocycles. The molecule has 0 aliphatic rings. The van der Waals surface area contributed by atoms with Crippen molar-refractivity contribution in [1.82, 2.24) is 15.6 Å². The molecule has 0 fully saturated rings. The van der Waals surface area contributed by atoms with E-state index in [4.69, 9.17) is 9.47 Å². The number of aliphatic hydroxyl groups excluding tert-OH is 3. The van der Waals surface area contributed by atoms with Crippen LogP contribution in [0.1, 0.15) is 76.3 Å². The van der Waals surface area contributed by atoms with Gasteiger partial charge in [-0.3, -0.25) is 10.1 Å². The Kier molecular flexibility index (Phi) is 16.8. The second kappa shape index (κ2) is 22.6. The van der Waals surface area contributed by atoms with Crippen LogP contribution in [-0.4, -0.2) is 82.7 Å². The van der Waals surface area contributed by atoms with Crippen molar-refractivity contribution in [3.8, 4) is 28.7 Å². The van der Waals surface area contributed by atoms with Crippen LogP contribution in [0.3, 0.4) is 0 Å². The summed E-state index contributed by atoms with van der Waals surface area (Å²) in [6.45, 7) is 4.55. The predicted molar refractivity (Wildman–Crippen MR) is 248 cm³/mol. The van der Waals surface area contributed by atoms with E-state index in [1.165, 1.54) is 13.2 Å². The summed E-state index contributed by atoms with van der Waals surface area (Å²) in [6, 6.07) is 25.7. The smallest absolute Gasteiger partial charge is 0.164 e. The second-order valence-electron chi connectivity index (χ2n) is 16.7. The third kappa shape index (κ3) is 12.0. The van der Waals surface area contributed by atoms with Crippen LogP contribution < -0.4 is 25.1 Å². The lowest BCUT2D eigenvalue weighted by Crippen LogP contribution is -2.30. The van der Waals surface area contributed by atoms with Gasteiger partial charge in [-0.2, -0.15) is 12.4 Å². The number of methoxy groups -OCH3 is 1. The van der Waals surface area contributed by atoms with Crippen LogP contribution in [-0.2, 0) is 49.9 Å². The van der Waals surface area contributed by atoms with E-state index in [0.717, 1.165) is 56.1 Å². The molecule has 0 radical (unpaired) electrons. The summed E-state index contributed by atoms with van der Waals surface area (Å²) in [5.41, 5.74) is 7.83. The Morgan fingerprint density at radius 3 is 2.34 bits per heavy atom. The molecule has 0 spiro atoms. The number of phenolic OH excluding ortho intramolecular Hbond substituents is 3. The Bertz CT molecular complexity index is 2470. The molecule has 1 aromatic heterocycles. The number of hydrogen-bond donors (Lipinski definition) is 8. The van der Waals surface area contributed by atoms with Crippen LogP contribution >= 0.6 is 0 Å². The molecule has 5 aromatic carbocycles. The summed E-state index contributed by atoms with van der Waals surface area (Å²) in [5, 5.41) is 72.8. The quantitative estimate of drug-likeness (QED) is 0.0247. The maximum absolute atomic E-state index is 14.8. The van der Waals surface area contributed by atoms with Crippen molar-refractivity contribution in [3.63, 3.8) is 0 Å². The number of ether oxygens (including phenoxy) is 2. The Morgan fingerprint density at radius 1 is 0.828 bits per heavy atom. The van der Waals surface area contributed by atoms with Gasteiger partial charge in [-0.25, -0.2) is 0 Å². The molecule has 12 heteroatoms.